The van der Waals surface area contributed by atoms with Gasteiger partial charge in [0, 0.05) is 25.3 Å². The van der Waals surface area contributed by atoms with Crippen molar-refractivity contribution in [3.8, 4) is 11.9 Å². The molecular formula is C22H29N9O. The molecule has 10 heteroatoms. The van der Waals surface area contributed by atoms with Gasteiger partial charge >= 0.3 is 0 Å². The summed E-state index contributed by atoms with van der Waals surface area (Å²) in [5, 5.41) is 17.2. The summed E-state index contributed by atoms with van der Waals surface area (Å²) in [5.74, 6) is 1.59. The van der Waals surface area contributed by atoms with E-state index in [1.165, 1.54) is 6.33 Å². The van der Waals surface area contributed by atoms with Crippen LogP contribution in [0.4, 0.5) is 11.6 Å². The normalized spacial score (nSPS) is 16.2. The lowest BCUT2D eigenvalue weighted by Gasteiger charge is -2.34. The molecule has 4 heterocycles. The van der Waals surface area contributed by atoms with Gasteiger partial charge in [0.1, 0.15) is 41.2 Å². The number of likely N-dealkylation sites (tertiary alicyclic amines) is 1. The summed E-state index contributed by atoms with van der Waals surface area (Å²) in [4.78, 5) is 15.3. The van der Waals surface area contributed by atoms with Crippen molar-refractivity contribution in [1.82, 2.24) is 29.5 Å². The van der Waals surface area contributed by atoms with Crippen molar-refractivity contribution in [3.63, 3.8) is 0 Å². The topological polar surface area (TPSA) is 130 Å². The molecule has 1 atom stereocenters. The zero-order chi connectivity index (χ0) is 22.8. The Labute approximate surface area is 187 Å². The fraction of sp³-hybridized carbons (Fsp3) is 0.500. The molecule has 0 bridgehead atoms. The summed E-state index contributed by atoms with van der Waals surface area (Å²) in [5.41, 5.74) is 7.94. The average molecular weight is 436 g/mol. The van der Waals surface area contributed by atoms with Crippen LogP contribution in [0.1, 0.15) is 56.6 Å². The molecule has 0 spiro atoms. The quantitative estimate of drug-likeness (QED) is 0.600. The molecule has 32 heavy (non-hydrogen) atoms. The van der Waals surface area contributed by atoms with Gasteiger partial charge < -0.3 is 20.7 Å². The van der Waals surface area contributed by atoms with Crippen molar-refractivity contribution in [2.45, 2.75) is 58.7 Å². The van der Waals surface area contributed by atoms with Crippen molar-refractivity contribution in [1.29, 1.82) is 5.26 Å². The van der Waals surface area contributed by atoms with Gasteiger partial charge in [0.05, 0.1) is 6.04 Å². The summed E-state index contributed by atoms with van der Waals surface area (Å²) in [7, 11) is 0. The second-order valence-electron chi connectivity index (χ2n) is 8.47. The third kappa shape index (κ3) is 4.29. The lowest BCUT2D eigenvalue weighted by atomic mass is 10.1. The van der Waals surface area contributed by atoms with Crippen molar-refractivity contribution in [3.05, 3.63) is 35.5 Å². The SMILES string of the molecule is Cc1ccn2nc(C(C)Nc3ncnc(N)c3C#N)nc(OC3CCN(C(C)C)CC3)c12. The minimum Gasteiger partial charge on any atom is -0.473 e. The molecule has 1 unspecified atom stereocenters. The van der Waals surface area contributed by atoms with Gasteiger partial charge in [-0.3, -0.25) is 0 Å². The first kappa shape index (κ1) is 21.8. The predicted octanol–water partition coefficient (Wildman–Crippen LogP) is 2.71. The Morgan fingerprint density at radius 1 is 1.25 bits per heavy atom. The molecule has 1 aliphatic rings. The molecule has 0 aromatic carbocycles. The standard InChI is InChI=1S/C22H29N9O/c1-13(2)30-8-6-16(7-9-30)32-22-18-14(3)5-10-31(18)29-20(28-22)15(4)27-21-17(11-23)19(24)25-12-26-21/h5,10,12-13,15-16H,6-9H2,1-4H3,(H3,24,25,26,27). The zero-order valence-corrected chi connectivity index (χ0v) is 18.9. The molecular weight excluding hydrogens is 406 g/mol. The maximum atomic E-state index is 9.40. The highest BCUT2D eigenvalue weighted by atomic mass is 16.5. The van der Waals surface area contributed by atoms with Crippen molar-refractivity contribution < 1.29 is 4.74 Å². The molecule has 0 saturated carbocycles. The van der Waals surface area contributed by atoms with Crippen LogP contribution < -0.4 is 15.8 Å². The number of nitrogens with two attached hydrogens (primary N) is 1. The Balaban J connectivity index is 1.60. The largest absolute Gasteiger partial charge is 0.473 e. The molecule has 1 fully saturated rings. The van der Waals surface area contributed by atoms with Gasteiger partial charge in [0.25, 0.3) is 0 Å². The summed E-state index contributed by atoms with van der Waals surface area (Å²) < 4.78 is 8.22. The van der Waals surface area contributed by atoms with Crippen LogP contribution in [-0.4, -0.2) is 54.7 Å². The van der Waals surface area contributed by atoms with Crippen LogP contribution in [-0.2, 0) is 0 Å². The van der Waals surface area contributed by atoms with E-state index in [0.29, 0.717) is 23.6 Å². The maximum Gasteiger partial charge on any atom is 0.242 e. The van der Waals surface area contributed by atoms with Gasteiger partial charge in [-0.25, -0.2) is 14.5 Å². The number of nitrogens with one attached hydrogen (secondary N) is 1. The molecule has 3 aromatic rings. The van der Waals surface area contributed by atoms with E-state index in [-0.39, 0.29) is 23.5 Å². The van der Waals surface area contributed by atoms with Gasteiger partial charge in [-0.05, 0) is 52.2 Å². The summed E-state index contributed by atoms with van der Waals surface area (Å²) in [6, 6.07) is 4.25. The van der Waals surface area contributed by atoms with Crippen LogP contribution >= 0.6 is 0 Å². The fourth-order valence-electron chi connectivity index (χ4n) is 3.98. The Hall–Kier alpha value is -3.45. The molecule has 3 N–H and O–H groups in total. The zero-order valence-electron chi connectivity index (χ0n) is 18.9. The monoisotopic (exact) mass is 435 g/mol. The van der Waals surface area contributed by atoms with Crippen molar-refractivity contribution in [2.75, 3.05) is 24.1 Å². The molecule has 0 amide bonds. The number of anilines is 2. The van der Waals surface area contributed by atoms with Gasteiger partial charge in [0.2, 0.25) is 5.88 Å². The van der Waals surface area contributed by atoms with Crippen molar-refractivity contribution in [2.24, 2.45) is 0 Å². The second-order valence-corrected chi connectivity index (χ2v) is 8.47. The van der Waals surface area contributed by atoms with E-state index in [9.17, 15) is 5.26 Å². The average Bonchev–Trinajstić information content (AvgIpc) is 3.15. The first-order valence-electron chi connectivity index (χ1n) is 10.9. The first-order valence-corrected chi connectivity index (χ1v) is 10.9. The highest BCUT2D eigenvalue weighted by Gasteiger charge is 2.25. The minimum absolute atomic E-state index is 0.112. The number of hydrogen-bond acceptors (Lipinski definition) is 9. The van der Waals surface area contributed by atoms with E-state index in [1.54, 1.807) is 4.52 Å². The molecule has 0 aliphatic carbocycles. The third-order valence-electron chi connectivity index (χ3n) is 5.91. The van der Waals surface area contributed by atoms with Gasteiger partial charge in [-0.2, -0.15) is 15.3 Å². The molecule has 0 radical (unpaired) electrons. The summed E-state index contributed by atoms with van der Waals surface area (Å²) in [6.45, 7) is 10.4. The number of rotatable bonds is 6. The molecule has 1 aliphatic heterocycles. The maximum absolute atomic E-state index is 9.40. The van der Waals surface area contributed by atoms with E-state index in [4.69, 9.17) is 15.5 Å². The summed E-state index contributed by atoms with van der Waals surface area (Å²) in [6.07, 6.45) is 5.26. The van der Waals surface area contributed by atoms with E-state index >= 15 is 0 Å². The number of fused-ring (bicyclic) bond motifs is 1. The Bertz CT molecular complexity index is 1140. The lowest BCUT2D eigenvalue weighted by Crippen LogP contribution is -2.41. The molecule has 168 valence electrons. The summed E-state index contributed by atoms with van der Waals surface area (Å²) >= 11 is 0. The van der Waals surface area contributed by atoms with E-state index < -0.39 is 0 Å². The predicted molar refractivity (Wildman–Crippen MR) is 121 cm³/mol. The van der Waals surface area contributed by atoms with Gasteiger partial charge in [-0.1, -0.05) is 0 Å². The third-order valence-corrected chi connectivity index (χ3v) is 5.91. The number of nitrogen functional groups attached to an aromatic ring is 1. The van der Waals surface area contributed by atoms with Crippen molar-refractivity contribution >= 4 is 17.2 Å². The Morgan fingerprint density at radius 2 is 2.00 bits per heavy atom. The molecule has 3 aromatic heterocycles. The molecule has 10 nitrogen and oxygen atoms in total. The lowest BCUT2D eigenvalue weighted by molar-refractivity contribution is 0.0817. The van der Waals surface area contributed by atoms with Crippen LogP contribution in [0, 0.1) is 18.3 Å². The van der Waals surface area contributed by atoms with Crippen LogP contribution in [0.2, 0.25) is 0 Å². The Kier molecular flexibility index (Phi) is 6.10. The minimum atomic E-state index is -0.339. The number of piperidine rings is 1. The molecule has 4 rings (SSSR count). The number of aromatic nitrogens is 5. The van der Waals surface area contributed by atoms with E-state index in [1.807, 2.05) is 32.2 Å². The number of nitrogens with zero attached hydrogens (tertiary/aromatic N) is 7. The van der Waals surface area contributed by atoms with Gasteiger partial charge in [0.15, 0.2) is 5.82 Å². The fourth-order valence-corrected chi connectivity index (χ4v) is 3.98. The number of nitriles is 1. The first-order chi connectivity index (χ1) is 15.4. The van der Waals surface area contributed by atoms with Gasteiger partial charge in [-0.15, -0.1) is 0 Å². The van der Waals surface area contributed by atoms with Crippen LogP contribution in [0.5, 0.6) is 5.88 Å². The van der Waals surface area contributed by atoms with E-state index in [2.05, 4.69) is 39.1 Å². The second kappa shape index (κ2) is 8.96. The Morgan fingerprint density at radius 3 is 2.69 bits per heavy atom. The van der Waals surface area contributed by atoms with E-state index in [0.717, 1.165) is 37.0 Å². The van der Waals surface area contributed by atoms with Crippen LogP contribution in [0.3, 0.4) is 0 Å². The smallest absolute Gasteiger partial charge is 0.242 e. The number of hydrogen-bond donors (Lipinski definition) is 2. The molecule has 1 saturated heterocycles. The number of aryl methyl sites for hydroxylation is 1. The van der Waals surface area contributed by atoms with Crippen LogP contribution in [0.25, 0.3) is 5.52 Å². The highest BCUT2D eigenvalue weighted by molar-refractivity contribution is 5.63. The van der Waals surface area contributed by atoms with Crippen LogP contribution in [0.15, 0.2) is 18.6 Å². The number of ether oxygens (including phenoxy) is 1. The highest BCUT2D eigenvalue weighted by Crippen LogP contribution is 2.28.